The Morgan fingerprint density at radius 2 is 1.83 bits per heavy atom. The van der Waals surface area contributed by atoms with Crippen molar-refractivity contribution >= 4 is 0 Å². The molecule has 0 amide bonds. The zero-order valence-corrected chi connectivity index (χ0v) is 12.6. The van der Waals surface area contributed by atoms with Crippen LogP contribution in [0.15, 0.2) is 0 Å². The monoisotopic (exact) mass is 252 g/mol. The number of hydrogen-bond donors (Lipinski definition) is 1. The van der Waals surface area contributed by atoms with Gasteiger partial charge in [0.05, 0.1) is 0 Å². The van der Waals surface area contributed by atoms with Crippen molar-refractivity contribution in [2.24, 2.45) is 11.8 Å². The number of nitrogens with zero attached hydrogens (tertiary/aromatic N) is 1. The van der Waals surface area contributed by atoms with Crippen LogP contribution in [-0.4, -0.2) is 37.1 Å². The van der Waals surface area contributed by atoms with Crippen molar-refractivity contribution in [3.8, 4) is 0 Å². The molecule has 1 saturated heterocycles. The summed E-state index contributed by atoms with van der Waals surface area (Å²) in [6.07, 6.45) is 9.94. The van der Waals surface area contributed by atoms with Crippen LogP contribution in [0.3, 0.4) is 0 Å². The molecule has 106 valence electrons. The fourth-order valence-corrected chi connectivity index (χ4v) is 4.01. The van der Waals surface area contributed by atoms with E-state index < -0.39 is 0 Å². The van der Waals surface area contributed by atoms with Gasteiger partial charge in [0, 0.05) is 18.6 Å². The first kappa shape index (κ1) is 14.3. The summed E-state index contributed by atoms with van der Waals surface area (Å²) in [7, 11) is 2.16. The summed E-state index contributed by atoms with van der Waals surface area (Å²) in [5.74, 6) is 1.82. The average molecular weight is 252 g/mol. The highest BCUT2D eigenvalue weighted by atomic mass is 15.2. The minimum atomic E-state index is 0.763. The first-order valence-corrected chi connectivity index (χ1v) is 8.12. The van der Waals surface area contributed by atoms with Crippen LogP contribution in [0, 0.1) is 11.8 Å². The van der Waals surface area contributed by atoms with E-state index in [1.165, 1.54) is 58.0 Å². The molecule has 1 N–H and O–H groups in total. The normalized spacial score (nSPS) is 39.5. The molecule has 0 aromatic heterocycles. The van der Waals surface area contributed by atoms with E-state index in [2.05, 4.69) is 31.1 Å². The molecule has 0 aromatic rings. The molecule has 0 spiro atoms. The Morgan fingerprint density at radius 1 is 1.06 bits per heavy atom. The summed E-state index contributed by atoms with van der Waals surface area (Å²) in [6, 6.07) is 1.56. The Bertz CT molecular complexity index is 241. The number of nitrogens with one attached hydrogen (secondary N) is 1. The maximum absolute atomic E-state index is 3.58. The van der Waals surface area contributed by atoms with Gasteiger partial charge >= 0.3 is 0 Å². The minimum Gasteiger partial charge on any atom is -0.317 e. The lowest BCUT2D eigenvalue weighted by Crippen LogP contribution is -2.46. The topological polar surface area (TPSA) is 15.3 Å². The van der Waals surface area contributed by atoms with Gasteiger partial charge in [-0.15, -0.1) is 0 Å². The molecule has 2 aliphatic rings. The highest BCUT2D eigenvalue weighted by Crippen LogP contribution is 2.28. The minimum absolute atomic E-state index is 0.763. The highest BCUT2D eigenvalue weighted by Gasteiger charge is 2.28. The quantitative estimate of drug-likeness (QED) is 0.776. The highest BCUT2D eigenvalue weighted by molar-refractivity contribution is 4.84. The number of piperidine rings is 1. The van der Waals surface area contributed by atoms with Gasteiger partial charge in [0.1, 0.15) is 0 Å². The fraction of sp³-hybridized carbons (Fsp3) is 1.00. The van der Waals surface area contributed by atoms with E-state index in [4.69, 9.17) is 0 Å². The summed E-state index contributed by atoms with van der Waals surface area (Å²) >= 11 is 0. The lowest BCUT2D eigenvalue weighted by atomic mass is 9.89. The lowest BCUT2D eigenvalue weighted by Gasteiger charge is -2.40. The first-order valence-electron chi connectivity index (χ1n) is 8.12. The molecule has 2 heteroatoms. The first-order chi connectivity index (χ1) is 8.70. The smallest absolute Gasteiger partial charge is 0.0104 e. The molecule has 1 aliphatic heterocycles. The van der Waals surface area contributed by atoms with Gasteiger partial charge in [0.15, 0.2) is 0 Å². The molecule has 4 unspecified atom stereocenters. The summed E-state index contributed by atoms with van der Waals surface area (Å²) in [6.45, 7) is 7.51. The Balaban J connectivity index is 1.89. The van der Waals surface area contributed by atoms with Crippen LogP contribution in [0.4, 0.5) is 0 Å². The second-order valence-corrected chi connectivity index (χ2v) is 6.77. The van der Waals surface area contributed by atoms with Crippen LogP contribution in [0.1, 0.15) is 58.8 Å². The molecule has 2 nitrogen and oxygen atoms in total. The largest absolute Gasteiger partial charge is 0.317 e. The summed E-state index contributed by atoms with van der Waals surface area (Å²) in [4.78, 5) is 2.76. The number of likely N-dealkylation sites (tertiary alicyclic amines) is 1. The van der Waals surface area contributed by atoms with Gasteiger partial charge in [0.2, 0.25) is 0 Å². The van der Waals surface area contributed by atoms with E-state index in [9.17, 15) is 0 Å². The molecule has 2 rings (SSSR count). The van der Waals surface area contributed by atoms with Gasteiger partial charge < -0.3 is 10.2 Å². The lowest BCUT2D eigenvalue weighted by molar-refractivity contribution is 0.0981. The summed E-state index contributed by atoms with van der Waals surface area (Å²) < 4.78 is 0. The Kier molecular flexibility index (Phi) is 5.50. The van der Waals surface area contributed by atoms with E-state index in [0.29, 0.717) is 0 Å². The van der Waals surface area contributed by atoms with E-state index in [0.717, 1.165) is 23.9 Å². The van der Waals surface area contributed by atoms with Crippen LogP contribution in [-0.2, 0) is 0 Å². The third-order valence-electron chi connectivity index (χ3n) is 5.27. The third kappa shape index (κ3) is 3.71. The second-order valence-electron chi connectivity index (χ2n) is 6.77. The van der Waals surface area contributed by atoms with Crippen molar-refractivity contribution in [2.45, 2.75) is 70.9 Å². The van der Waals surface area contributed by atoms with Crippen LogP contribution in [0.2, 0.25) is 0 Å². The van der Waals surface area contributed by atoms with Gasteiger partial charge in [-0.25, -0.2) is 0 Å². The van der Waals surface area contributed by atoms with Crippen LogP contribution >= 0.6 is 0 Å². The van der Waals surface area contributed by atoms with E-state index in [1.54, 1.807) is 0 Å². The van der Waals surface area contributed by atoms with Gasteiger partial charge in [-0.05, 0) is 58.0 Å². The Hall–Kier alpha value is -0.0800. The van der Waals surface area contributed by atoms with Crippen LogP contribution in [0.25, 0.3) is 0 Å². The molecule has 1 heterocycles. The van der Waals surface area contributed by atoms with Crippen LogP contribution in [0.5, 0.6) is 0 Å². The maximum atomic E-state index is 3.58. The molecular weight excluding hydrogens is 220 g/mol. The molecule has 0 radical (unpaired) electrons. The summed E-state index contributed by atoms with van der Waals surface area (Å²) in [5, 5.41) is 3.58. The van der Waals surface area contributed by atoms with Gasteiger partial charge in [-0.1, -0.05) is 26.2 Å². The maximum Gasteiger partial charge on any atom is 0.0104 e. The number of rotatable bonds is 3. The van der Waals surface area contributed by atoms with E-state index in [1.807, 2.05) is 0 Å². The van der Waals surface area contributed by atoms with Crippen molar-refractivity contribution in [2.75, 3.05) is 20.1 Å². The summed E-state index contributed by atoms with van der Waals surface area (Å²) in [5.41, 5.74) is 0. The molecule has 1 saturated carbocycles. The van der Waals surface area contributed by atoms with Crippen molar-refractivity contribution in [1.82, 2.24) is 10.2 Å². The zero-order valence-electron chi connectivity index (χ0n) is 12.6. The van der Waals surface area contributed by atoms with E-state index in [-0.39, 0.29) is 0 Å². The van der Waals surface area contributed by atoms with Crippen molar-refractivity contribution in [3.63, 3.8) is 0 Å². The predicted octanol–water partition coefficient (Wildman–Crippen LogP) is 3.28. The molecule has 2 fully saturated rings. The van der Waals surface area contributed by atoms with Gasteiger partial charge in [-0.3, -0.25) is 0 Å². The standard InChI is InChI=1S/C16H32N2/c1-13-9-10-18(14(2)11-13)12-15-7-5-4-6-8-16(15)17-3/h13-17H,4-12H2,1-3H3. The van der Waals surface area contributed by atoms with Crippen molar-refractivity contribution < 1.29 is 0 Å². The third-order valence-corrected chi connectivity index (χ3v) is 5.27. The SMILES string of the molecule is CNC1CCCCCC1CN1CCC(C)CC1C. The Morgan fingerprint density at radius 3 is 2.56 bits per heavy atom. The molecule has 0 aromatic carbocycles. The predicted molar refractivity (Wildman–Crippen MR) is 78.9 cm³/mol. The molecule has 4 atom stereocenters. The molecule has 18 heavy (non-hydrogen) atoms. The fourth-order valence-electron chi connectivity index (χ4n) is 4.01. The average Bonchev–Trinajstić information content (AvgIpc) is 2.57. The number of hydrogen-bond acceptors (Lipinski definition) is 2. The second kappa shape index (κ2) is 6.91. The van der Waals surface area contributed by atoms with E-state index >= 15 is 0 Å². The van der Waals surface area contributed by atoms with Gasteiger partial charge in [-0.2, -0.15) is 0 Å². The molecule has 1 aliphatic carbocycles. The zero-order chi connectivity index (χ0) is 13.0. The molecule has 0 bridgehead atoms. The molecular formula is C16H32N2. The van der Waals surface area contributed by atoms with Crippen LogP contribution < -0.4 is 5.32 Å². The van der Waals surface area contributed by atoms with Crippen molar-refractivity contribution in [1.29, 1.82) is 0 Å². The van der Waals surface area contributed by atoms with Gasteiger partial charge in [0.25, 0.3) is 0 Å². The van der Waals surface area contributed by atoms with Crippen molar-refractivity contribution in [3.05, 3.63) is 0 Å². The Labute approximate surface area is 114 Å².